The van der Waals surface area contributed by atoms with Crippen LogP contribution in [0.3, 0.4) is 0 Å². The summed E-state index contributed by atoms with van der Waals surface area (Å²) in [4.78, 5) is 36.8. The molecule has 22 heavy (non-hydrogen) atoms. The van der Waals surface area contributed by atoms with E-state index in [0.29, 0.717) is 0 Å². The molecule has 0 radical (unpaired) electrons. The molecule has 1 saturated carbocycles. The highest BCUT2D eigenvalue weighted by molar-refractivity contribution is 6.36. The summed E-state index contributed by atoms with van der Waals surface area (Å²) < 4.78 is 10.7. The summed E-state index contributed by atoms with van der Waals surface area (Å²) >= 11 is 6.00. The van der Waals surface area contributed by atoms with Gasteiger partial charge >= 0.3 is 0 Å². The number of fused-ring (bicyclic) bond motifs is 1. The second-order valence-corrected chi connectivity index (χ2v) is 5.90. The number of ketones is 3. The summed E-state index contributed by atoms with van der Waals surface area (Å²) in [6.45, 7) is 1.61. The van der Waals surface area contributed by atoms with Crippen LogP contribution < -0.4 is 9.47 Å². The fourth-order valence-corrected chi connectivity index (χ4v) is 3.30. The van der Waals surface area contributed by atoms with Crippen LogP contribution in [0.4, 0.5) is 0 Å². The second-order valence-electron chi connectivity index (χ2n) is 5.53. The van der Waals surface area contributed by atoms with E-state index in [2.05, 4.69) is 0 Å². The highest BCUT2D eigenvalue weighted by Gasteiger charge is 2.61. The third kappa shape index (κ3) is 1.70. The Hall–Kier alpha value is -2.08. The predicted octanol–water partition coefficient (Wildman–Crippen LogP) is 1.94. The van der Waals surface area contributed by atoms with E-state index in [4.69, 9.17) is 21.1 Å². The lowest BCUT2D eigenvalue weighted by atomic mass is 9.72. The summed E-state index contributed by atoms with van der Waals surface area (Å²) in [5, 5.41) is 9.65. The fraction of sp³-hybridized carbons (Fsp3) is 0.400. The fourth-order valence-electron chi connectivity index (χ4n) is 3.11. The van der Waals surface area contributed by atoms with Gasteiger partial charge in [0.25, 0.3) is 0 Å². The maximum Gasteiger partial charge on any atom is 0.232 e. The van der Waals surface area contributed by atoms with Gasteiger partial charge in [-0.3, -0.25) is 14.4 Å². The average Bonchev–Trinajstić information content (AvgIpc) is 2.76. The second kappa shape index (κ2) is 4.71. The molecule has 3 rings (SSSR count). The molecule has 1 heterocycles. The van der Waals surface area contributed by atoms with E-state index >= 15 is 0 Å². The smallest absolute Gasteiger partial charge is 0.232 e. The molecule has 0 aromatic heterocycles. The van der Waals surface area contributed by atoms with Crippen LogP contribution in [0, 0.1) is 5.92 Å². The van der Waals surface area contributed by atoms with Crippen molar-refractivity contribution in [2.45, 2.75) is 25.4 Å². The molecule has 1 aliphatic carbocycles. The number of ether oxygens (including phenoxy) is 2. The number of Topliss-reactive ketones (excluding diaryl/α,β-unsaturated/α-hetero) is 3. The van der Waals surface area contributed by atoms with Crippen molar-refractivity contribution in [3.63, 3.8) is 0 Å². The van der Waals surface area contributed by atoms with Crippen LogP contribution in [0.1, 0.15) is 30.1 Å². The quantitative estimate of drug-likeness (QED) is 0.794. The molecular weight excluding hydrogens is 312 g/mol. The largest absolute Gasteiger partial charge is 0.506 e. The number of phenols is 1. The molecule has 1 aromatic carbocycles. The van der Waals surface area contributed by atoms with E-state index in [-0.39, 0.29) is 46.5 Å². The van der Waals surface area contributed by atoms with Crippen molar-refractivity contribution in [3.8, 4) is 17.2 Å². The van der Waals surface area contributed by atoms with Crippen LogP contribution in [-0.2, 0) is 9.59 Å². The monoisotopic (exact) mass is 324 g/mol. The molecular formula is C15H13ClO6. The summed E-state index contributed by atoms with van der Waals surface area (Å²) in [6, 6.07) is 1.20. The van der Waals surface area contributed by atoms with Gasteiger partial charge in [0.05, 0.1) is 13.5 Å². The molecule has 6 nitrogen and oxygen atoms in total. The molecule has 2 aliphatic rings. The number of carbonyl (C=O) groups is 3. The number of carbonyl (C=O) groups excluding carboxylic acids is 3. The topological polar surface area (TPSA) is 89.9 Å². The van der Waals surface area contributed by atoms with Gasteiger partial charge < -0.3 is 14.6 Å². The molecule has 1 spiro atoms. The third-order valence-corrected chi connectivity index (χ3v) is 4.58. The molecule has 1 fully saturated rings. The minimum atomic E-state index is -1.76. The first-order chi connectivity index (χ1) is 10.3. The van der Waals surface area contributed by atoms with Crippen molar-refractivity contribution in [2.75, 3.05) is 7.11 Å². The van der Waals surface area contributed by atoms with Gasteiger partial charge in [0, 0.05) is 18.4 Å². The minimum absolute atomic E-state index is 0.0276. The standard InChI is InChI=1S/C15H13ClO6/c1-6-3-7(17)4-10(19)15(6)14(20)11-9(21-2)5-8(18)12(16)13(11)22-15/h5-6,18H,3-4H2,1-2H3/t6-,15-/m1/s1. The number of aromatic hydroxyl groups is 1. The van der Waals surface area contributed by atoms with Gasteiger partial charge in [-0.15, -0.1) is 0 Å². The van der Waals surface area contributed by atoms with Crippen LogP contribution in [-0.4, -0.2) is 35.2 Å². The SMILES string of the molecule is COc1cc(O)c(Cl)c2c1C(=O)[C@]1(O2)C(=O)CC(=O)C[C@H]1C. The van der Waals surface area contributed by atoms with Gasteiger partial charge in [-0.05, 0) is 0 Å². The van der Waals surface area contributed by atoms with E-state index < -0.39 is 23.1 Å². The maximum absolute atomic E-state index is 12.9. The van der Waals surface area contributed by atoms with E-state index in [1.54, 1.807) is 6.92 Å². The van der Waals surface area contributed by atoms with Crippen molar-refractivity contribution in [3.05, 3.63) is 16.7 Å². The summed E-state index contributed by atoms with van der Waals surface area (Å²) in [5.41, 5.74) is -1.74. The zero-order valence-corrected chi connectivity index (χ0v) is 12.7. The highest BCUT2D eigenvalue weighted by atomic mass is 35.5. The summed E-state index contributed by atoms with van der Waals surface area (Å²) in [5.74, 6) is -2.32. The number of halogens is 1. The Morgan fingerprint density at radius 1 is 1.41 bits per heavy atom. The Bertz CT molecular complexity index is 725. The van der Waals surface area contributed by atoms with Gasteiger partial charge in [0.2, 0.25) is 11.4 Å². The van der Waals surface area contributed by atoms with Gasteiger partial charge in [0.15, 0.2) is 11.5 Å². The maximum atomic E-state index is 12.9. The van der Waals surface area contributed by atoms with Gasteiger partial charge in [-0.1, -0.05) is 18.5 Å². The lowest BCUT2D eigenvalue weighted by Crippen LogP contribution is -2.57. The number of rotatable bonds is 1. The first kappa shape index (κ1) is 14.8. The van der Waals surface area contributed by atoms with E-state index in [0.717, 1.165) is 0 Å². The first-order valence-corrected chi connectivity index (χ1v) is 7.09. The van der Waals surface area contributed by atoms with E-state index in [1.165, 1.54) is 13.2 Å². The summed E-state index contributed by atoms with van der Waals surface area (Å²) in [6.07, 6.45) is -0.284. The van der Waals surface area contributed by atoms with Crippen LogP contribution in [0.25, 0.3) is 0 Å². The Labute approximate surface area is 131 Å². The Morgan fingerprint density at radius 2 is 2.09 bits per heavy atom. The summed E-state index contributed by atoms with van der Waals surface area (Å²) in [7, 11) is 1.33. The lowest BCUT2D eigenvalue weighted by molar-refractivity contribution is -0.143. The van der Waals surface area contributed by atoms with E-state index in [1.807, 2.05) is 0 Å². The molecule has 1 aromatic rings. The lowest BCUT2D eigenvalue weighted by Gasteiger charge is -2.34. The zero-order valence-electron chi connectivity index (χ0n) is 11.9. The molecule has 1 aliphatic heterocycles. The predicted molar refractivity (Wildman–Crippen MR) is 75.8 cm³/mol. The molecule has 2 atom stereocenters. The van der Waals surface area contributed by atoms with Crippen molar-refractivity contribution in [1.82, 2.24) is 0 Å². The number of hydrogen-bond acceptors (Lipinski definition) is 6. The molecule has 116 valence electrons. The number of benzene rings is 1. The van der Waals surface area contributed by atoms with Crippen LogP contribution >= 0.6 is 11.6 Å². The average molecular weight is 325 g/mol. The van der Waals surface area contributed by atoms with Crippen molar-refractivity contribution in [1.29, 1.82) is 0 Å². The zero-order chi connectivity index (χ0) is 16.2. The molecule has 0 unspecified atom stereocenters. The number of methoxy groups -OCH3 is 1. The Balaban J connectivity index is 2.21. The van der Waals surface area contributed by atoms with Gasteiger partial charge in [-0.25, -0.2) is 0 Å². The van der Waals surface area contributed by atoms with Crippen molar-refractivity contribution in [2.24, 2.45) is 5.92 Å². The number of hydrogen-bond donors (Lipinski definition) is 1. The normalized spacial score (nSPS) is 27.0. The first-order valence-electron chi connectivity index (χ1n) is 6.71. The van der Waals surface area contributed by atoms with Crippen LogP contribution in [0.5, 0.6) is 17.2 Å². The highest BCUT2D eigenvalue weighted by Crippen LogP contribution is 2.52. The van der Waals surface area contributed by atoms with Crippen LogP contribution in [0.15, 0.2) is 6.07 Å². The van der Waals surface area contributed by atoms with Crippen molar-refractivity contribution < 1.29 is 29.0 Å². The van der Waals surface area contributed by atoms with Gasteiger partial charge in [-0.2, -0.15) is 0 Å². The number of phenolic OH excluding ortho intramolecular Hbond substituents is 1. The third-order valence-electron chi connectivity index (χ3n) is 4.21. The van der Waals surface area contributed by atoms with Gasteiger partial charge in [0.1, 0.15) is 27.9 Å². The van der Waals surface area contributed by atoms with E-state index in [9.17, 15) is 19.5 Å². The molecule has 1 N–H and O–H groups in total. The molecule has 7 heteroatoms. The molecule has 0 amide bonds. The van der Waals surface area contributed by atoms with Crippen molar-refractivity contribution >= 4 is 29.0 Å². The minimum Gasteiger partial charge on any atom is -0.506 e. The Morgan fingerprint density at radius 3 is 2.68 bits per heavy atom. The molecule has 0 saturated heterocycles. The Kier molecular flexibility index (Phi) is 3.18. The molecule has 0 bridgehead atoms. The van der Waals surface area contributed by atoms with Crippen LogP contribution in [0.2, 0.25) is 5.02 Å².